The molecule has 0 fully saturated rings. The lowest BCUT2D eigenvalue weighted by molar-refractivity contribution is -0.125. The number of para-hydroxylation sites is 4. The van der Waals surface area contributed by atoms with E-state index in [0.717, 1.165) is 21.1 Å². The van der Waals surface area contributed by atoms with E-state index in [0.29, 0.717) is 17.2 Å². The summed E-state index contributed by atoms with van der Waals surface area (Å²) in [6, 6.07) is 22.9. The number of nitrogens with zero attached hydrogens (tertiary/aromatic N) is 1. The van der Waals surface area contributed by atoms with Gasteiger partial charge in [0.1, 0.15) is 6.61 Å². The Morgan fingerprint density at radius 1 is 1.00 bits per heavy atom. The normalized spacial score (nSPS) is 15.2. The van der Waals surface area contributed by atoms with Crippen molar-refractivity contribution in [1.82, 2.24) is 9.97 Å². The molecule has 1 aliphatic rings. The molecule has 29 heavy (non-hydrogen) atoms. The third-order valence-electron chi connectivity index (χ3n) is 4.51. The molecule has 0 saturated carbocycles. The number of imidazole rings is 1. The van der Waals surface area contributed by atoms with E-state index in [1.807, 2.05) is 66.7 Å². The highest BCUT2D eigenvalue weighted by atomic mass is 32.2. The average molecular weight is 403 g/mol. The van der Waals surface area contributed by atoms with Gasteiger partial charge in [-0.3, -0.25) is 4.79 Å². The highest BCUT2D eigenvalue weighted by Crippen LogP contribution is 2.31. The smallest absolute Gasteiger partial charge is 0.269 e. The minimum absolute atomic E-state index is 0.183. The van der Waals surface area contributed by atoms with E-state index < -0.39 is 6.10 Å². The van der Waals surface area contributed by atoms with Crippen molar-refractivity contribution in [3.63, 3.8) is 0 Å². The van der Waals surface area contributed by atoms with E-state index in [4.69, 9.17) is 9.47 Å². The lowest BCUT2D eigenvalue weighted by Gasteiger charge is -2.25. The first kappa shape index (κ1) is 17.6. The second kappa shape index (κ2) is 7.52. The first-order valence-electron chi connectivity index (χ1n) is 9.17. The summed E-state index contributed by atoms with van der Waals surface area (Å²) >= 11 is 1.54. The summed E-state index contributed by atoms with van der Waals surface area (Å²) in [7, 11) is 0. The zero-order valence-corrected chi connectivity index (χ0v) is 16.1. The molecule has 2 heterocycles. The Kier molecular flexibility index (Phi) is 4.57. The zero-order chi connectivity index (χ0) is 19.6. The third-order valence-corrected chi connectivity index (χ3v) is 5.40. The van der Waals surface area contributed by atoms with Crippen LogP contribution in [0.25, 0.3) is 11.0 Å². The van der Waals surface area contributed by atoms with E-state index in [1.165, 1.54) is 11.8 Å². The maximum atomic E-state index is 12.5. The molecular weight excluding hydrogens is 386 g/mol. The minimum Gasteiger partial charge on any atom is -0.485 e. The maximum absolute atomic E-state index is 12.5. The molecule has 0 radical (unpaired) electrons. The van der Waals surface area contributed by atoms with E-state index >= 15 is 0 Å². The number of fused-ring (bicyclic) bond motifs is 2. The van der Waals surface area contributed by atoms with Gasteiger partial charge in [0.2, 0.25) is 6.10 Å². The van der Waals surface area contributed by atoms with Crippen molar-refractivity contribution < 1.29 is 14.3 Å². The molecule has 0 saturated heterocycles. The van der Waals surface area contributed by atoms with Crippen molar-refractivity contribution in [3.05, 3.63) is 72.8 Å². The predicted molar refractivity (Wildman–Crippen MR) is 112 cm³/mol. The molecular formula is C22H17N3O3S. The van der Waals surface area contributed by atoms with Gasteiger partial charge in [0.15, 0.2) is 16.7 Å². The number of ether oxygens (including phenoxy) is 2. The van der Waals surface area contributed by atoms with Crippen molar-refractivity contribution >= 4 is 34.4 Å². The summed E-state index contributed by atoms with van der Waals surface area (Å²) in [4.78, 5) is 21.4. The number of nitrogens with one attached hydrogen (secondary N) is 2. The summed E-state index contributed by atoms with van der Waals surface area (Å²) in [5.41, 5.74) is 2.65. The van der Waals surface area contributed by atoms with Crippen LogP contribution in [-0.4, -0.2) is 28.6 Å². The predicted octanol–water partition coefficient (Wildman–Crippen LogP) is 4.49. The fraction of sp³-hybridized carbons (Fsp3) is 0.0909. The number of H-pyrrole nitrogens is 1. The number of carbonyl (C=O) groups excluding carboxylic acids is 1. The largest absolute Gasteiger partial charge is 0.485 e. The molecule has 0 spiro atoms. The van der Waals surface area contributed by atoms with Crippen LogP contribution in [0.4, 0.5) is 5.69 Å². The Morgan fingerprint density at radius 3 is 2.59 bits per heavy atom. The van der Waals surface area contributed by atoms with Crippen LogP contribution in [0.15, 0.2) is 82.8 Å². The third kappa shape index (κ3) is 3.77. The number of hydrogen-bond donors (Lipinski definition) is 2. The van der Waals surface area contributed by atoms with Crippen LogP contribution in [0.2, 0.25) is 0 Å². The van der Waals surface area contributed by atoms with E-state index in [1.54, 1.807) is 6.07 Å². The zero-order valence-electron chi connectivity index (χ0n) is 15.3. The van der Waals surface area contributed by atoms with Gasteiger partial charge in [-0.15, -0.1) is 0 Å². The molecule has 0 bridgehead atoms. The van der Waals surface area contributed by atoms with Gasteiger partial charge in [-0.05, 0) is 48.5 Å². The highest BCUT2D eigenvalue weighted by Gasteiger charge is 2.27. The van der Waals surface area contributed by atoms with E-state index in [2.05, 4.69) is 15.3 Å². The molecule has 1 unspecified atom stereocenters. The van der Waals surface area contributed by atoms with Crippen LogP contribution < -0.4 is 14.8 Å². The maximum Gasteiger partial charge on any atom is 0.269 e. The number of aromatic amines is 1. The van der Waals surface area contributed by atoms with Gasteiger partial charge in [0.25, 0.3) is 5.91 Å². The summed E-state index contributed by atoms with van der Waals surface area (Å²) in [5, 5.41) is 3.71. The van der Waals surface area contributed by atoms with Crippen LogP contribution >= 0.6 is 11.8 Å². The minimum atomic E-state index is -0.686. The number of carbonyl (C=O) groups is 1. The molecule has 2 N–H and O–H groups in total. The SMILES string of the molecule is O=C(Nc1ccc(Sc2nc3ccccc3[nH]2)cc1)C1COc2ccccc2O1. The Morgan fingerprint density at radius 2 is 1.76 bits per heavy atom. The van der Waals surface area contributed by atoms with E-state index in [-0.39, 0.29) is 12.5 Å². The van der Waals surface area contributed by atoms with Gasteiger partial charge in [0, 0.05) is 10.6 Å². The Hall–Kier alpha value is -3.45. The summed E-state index contributed by atoms with van der Waals surface area (Å²) in [6.07, 6.45) is -0.686. The van der Waals surface area contributed by atoms with Crippen LogP contribution in [0.1, 0.15) is 0 Å². The Bertz CT molecular complexity index is 1140. The topological polar surface area (TPSA) is 76.2 Å². The second-order valence-electron chi connectivity index (χ2n) is 6.54. The molecule has 0 aliphatic carbocycles. The molecule has 6 nitrogen and oxygen atoms in total. The molecule has 1 atom stereocenters. The fourth-order valence-corrected chi connectivity index (χ4v) is 3.87. The summed E-state index contributed by atoms with van der Waals surface area (Å²) in [5.74, 6) is 0.997. The van der Waals surface area contributed by atoms with Gasteiger partial charge >= 0.3 is 0 Å². The number of aromatic nitrogens is 2. The molecule has 1 aliphatic heterocycles. The monoisotopic (exact) mass is 403 g/mol. The van der Waals surface area contributed by atoms with Crippen molar-refractivity contribution in [3.8, 4) is 11.5 Å². The number of benzene rings is 3. The Labute approximate surface area is 171 Å². The van der Waals surface area contributed by atoms with Crippen LogP contribution in [-0.2, 0) is 4.79 Å². The van der Waals surface area contributed by atoms with Gasteiger partial charge in [0.05, 0.1) is 11.0 Å². The quantitative estimate of drug-likeness (QED) is 0.525. The highest BCUT2D eigenvalue weighted by molar-refractivity contribution is 7.99. The number of rotatable bonds is 4. The average Bonchev–Trinajstić information content (AvgIpc) is 3.17. The van der Waals surface area contributed by atoms with Gasteiger partial charge in [-0.2, -0.15) is 0 Å². The van der Waals surface area contributed by atoms with Crippen molar-refractivity contribution in [2.75, 3.05) is 11.9 Å². The molecule has 1 aromatic heterocycles. The molecule has 7 heteroatoms. The fourth-order valence-electron chi connectivity index (χ4n) is 3.07. The molecule has 4 aromatic rings. The number of amides is 1. The van der Waals surface area contributed by atoms with Crippen LogP contribution in [0, 0.1) is 0 Å². The van der Waals surface area contributed by atoms with Gasteiger partial charge in [-0.25, -0.2) is 4.98 Å². The van der Waals surface area contributed by atoms with Crippen LogP contribution in [0.5, 0.6) is 11.5 Å². The standard InChI is InChI=1S/C22H17N3O3S/c26-21(20-13-27-18-7-3-4-8-19(18)28-20)23-14-9-11-15(12-10-14)29-22-24-16-5-1-2-6-17(16)25-22/h1-12,20H,13H2,(H,23,26)(H,24,25). The van der Waals surface area contributed by atoms with Gasteiger partial charge in [-0.1, -0.05) is 36.0 Å². The molecule has 5 rings (SSSR count). The number of anilines is 1. The van der Waals surface area contributed by atoms with Gasteiger partial charge < -0.3 is 19.8 Å². The molecule has 144 valence electrons. The molecule has 1 amide bonds. The molecule has 3 aromatic carbocycles. The lowest BCUT2D eigenvalue weighted by atomic mass is 10.2. The van der Waals surface area contributed by atoms with Crippen LogP contribution in [0.3, 0.4) is 0 Å². The first-order valence-corrected chi connectivity index (χ1v) is 9.98. The summed E-state index contributed by atoms with van der Waals surface area (Å²) in [6.45, 7) is 0.183. The Balaban J connectivity index is 1.23. The second-order valence-corrected chi connectivity index (χ2v) is 7.60. The van der Waals surface area contributed by atoms with Crippen molar-refractivity contribution in [1.29, 1.82) is 0 Å². The number of hydrogen-bond acceptors (Lipinski definition) is 5. The first-order chi connectivity index (χ1) is 14.2. The lowest BCUT2D eigenvalue weighted by Crippen LogP contribution is -2.40. The van der Waals surface area contributed by atoms with Crippen molar-refractivity contribution in [2.45, 2.75) is 16.2 Å². The summed E-state index contributed by atoms with van der Waals surface area (Å²) < 4.78 is 11.3. The van der Waals surface area contributed by atoms with Crippen molar-refractivity contribution in [2.24, 2.45) is 0 Å². The van der Waals surface area contributed by atoms with E-state index in [9.17, 15) is 4.79 Å².